The molecule has 0 fully saturated rings. The fraction of sp³-hybridized carbons (Fsp3) is 0.287. The summed E-state index contributed by atoms with van der Waals surface area (Å²) in [6, 6.07) is 53.3. The van der Waals surface area contributed by atoms with Gasteiger partial charge in [-0.05, 0) is 165 Å². The predicted molar refractivity (Wildman–Crippen MR) is 380 cm³/mol. The van der Waals surface area contributed by atoms with Crippen LogP contribution >= 0.6 is 0 Å². The minimum Gasteiger partial charge on any atom is -0.456 e. The molecule has 0 spiro atoms. The molecule has 0 saturated carbocycles. The zero-order valence-corrected chi connectivity index (χ0v) is 53.7. The minimum absolute atomic E-state index is 0.0476. The van der Waals surface area contributed by atoms with Crippen LogP contribution in [0.5, 0.6) is 0 Å². The molecular formula is C80H85B3N2O2. The number of fused-ring (bicyclic) bond motifs is 10. The van der Waals surface area contributed by atoms with Crippen molar-refractivity contribution in [2.75, 3.05) is 0 Å². The largest absolute Gasteiger partial charge is 0.456 e. The number of nitrogens with one attached hydrogen (secondary N) is 1. The first-order chi connectivity index (χ1) is 42.2. The third kappa shape index (κ3) is 10.2. The van der Waals surface area contributed by atoms with Crippen LogP contribution in [0.25, 0.3) is 66.2 Å². The molecule has 0 saturated heterocycles. The predicted octanol–water partition coefficient (Wildman–Crippen LogP) is 16.7. The van der Waals surface area contributed by atoms with Gasteiger partial charge in [-0.3, -0.25) is 4.57 Å². The van der Waals surface area contributed by atoms with Gasteiger partial charge in [-0.1, -0.05) is 274 Å². The molecule has 8 aromatic carbocycles. The monoisotopic (exact) mass is 1140 g/mol. The Labute approximate surface area is 519 Å². The lowest BCUT2D eigenvalue weighted by atomic mass is 9.19. The first kappa shape index (κ1) is 59.3. The maximum Gasteiger partial charge on any atom is 0.329 e. The van der Waals surface area contributed by atoms with Crippen LogP contribution in [0.2, 0.25) is 12.6 Å². The van der Waals surface area contributed by atoms with Crippen molar-refractivity contribution < 1.29 is 9.21 Å². The van der Waals surface area contributed by atoms with Crippen molar-refractivity contribution in [1.29, 1.82) is 0 Å². The van der Waals surface area contributed by atoms with E-state index in [0.29, 0.717) is 12.3 Å². The SMILES string of the molecule is C=C/C=C\CCB1c2c(B(CC)c3c(C)cc(C)cc3C)cc(-c3ccc4c(c3)C(C)(C(CC)CCCCC)c3cc(-c5ccccc5)ccc3-4)cc2B(c2c(C)cc(C)cc2C)c2c1n(C(=O)N/C(=C/C)CC)c1cc3c(cc21)oc1ccccc13. The quantitative estimate of drug-likeness (QED) is 0.0529. The van der Waals surface area contributed by atoms with Crippen molar-refractivity contribution in [3.63, 3.8) is 0 Å². The van der Waals surface area contributed by atoms with Gasteiger partial charge in [0.2, 0.25) is 20.1 Å². The van der Waals surface area contributed by atoms with Gasteiger partial charge in [0.15, 0.2) is 0 Å². The lowest BCUT2D eigenvalue weighted by Gasteiger charge is -2.37. The van der Waals surface area contributed by atoms with Gasteiger partial charge in [0.1, 0.15) is 11.2 Å². The summed E-state index contributed by atoms with van der Waals surface area (Å²) in [6.45, 7) is 31.3. The maximum absolute atomic E-state index is 16.0. The molecule has 2 atom stereocenters. The van der Waals surface area contributed by atoms with E-state index >= 15 is 4.79 Å². The van der Waals surface area contributed by atoms with Crippen molar-refractivity contribution in [3.8, 4) is 33.4 Å². The fourth-order valence-electron chi connectivity index (χ4n) is 16.6. The second-order valence-corrected chi connectivity index (χ2v) is 25.8. The van der Waals surface area contributed by atoms with Gasteiger partial charge in [-0.15, -0.1) is 0 Å². The molecule has 1 N–H and O–H groups in total. The molecule has 1 aliphatic heterocycles. The number of para-hydroxylation sites is 1. The topological polar surface area (TPSA) is 47.2 Å². The third-order valence-electron chi connectivity index (χ3n) is 20.4. The van der Waals surface area contributed by atoms with Gasteiger partial charge in [-0.25, -0.2) is 4.79 Å². The number of nitrogens with zero attached hydrogens (tertiary/aromatic N) is 1. The summed E-state index contributed by atoms with van der Waals surface area (Å²) in [5, 5.41) is 6.57. The van der Waals surface area contributed by atoms with Gasteiger partial charge in [-0.2, -0.15) is 0 Å². The highest BCUT2D eigenvalue weighted by Gasteiger charge is 2.48. The Bertz CT molecular complexity index is 4360. The first-order valence-corrected chi connectivity index (χ1v) is 32.6. The molecular weight excluding hydrogens is 1050 g/mol. The lowest BCUT2D eigenvalue weighted by molar-refractivity contribution is 0.246. The van der Waals surface area contributed by atoms with E-state index in [2.05, 4.69) is 238 Å². The minimum atomic E-state index is -0.249. The number of allylic oxidation sites excluding steroid dienone is 5. The Morgan fingerprint density at radius 1 is 0.678 bits per heavy atom. The Morgan fingerprint density at radius 2 is 1.33 bits per heavy atom. The van der Waals surface area contributed by atoms with Crippen LogP contribution in [-0.2, 0) is 5.41 Å². The van der Waals surface area contributed by atoms with Crippen molar-refractivity contribution in [1.82, 2.24) is 9.88 Å². The van der Waals surface area contributed by atoms with Crippen LogP contribution in [0.4, 0.5) is 4.79 Å². The number of unbranched alkanes of at least 4 members (excludes halogenated alkanes) is 2. The third-order valence-corrected chi connectivity index (χ3v) is 20.4. The molecule has 0 bridgehead atoms. The zero-order valence-electron chi connectivity index (χ0n) is 53.7. The summed E-state index contributed by atoms with van der Waals surface area (Å²) >= 11 is 0. The Kier molecular flexibility index (Phi) is 16.6. The smallest absolute Gasteiger partial charge is 0.329 e. The summed E-state index contributed by atoms with van der Waals surface area (Å²) in [4.78, 5) is 16.0. The number of hydrogen-bond acceptors (Lipinski definition) is 2. The van der Waals surface area contributed by atoms with E-state index in [1.807, 2.05) is 25.1 Å². The van der Waals surface area contributed by atoms with E-state index in [-0.39, 0.29) is 31.6 Å². The van der Waals surface area contributed by atoms with E-state index < -0.39 is 0 Å². The van der Waals surface area contributed by atoms with Crippen LogP contribution in [-0.4, -0.2) is 30.7 Å². The molecule has 1 aliphatic carbocycles. The fourth-order valence-corrected chi connectivity index (χ4v) is 16.6. The molecule has 10 aromatic rings. The highest BCUT2D eigenvalue weighted by atomic mass is 16.3. The van der Waals surface area contributed by atoms with Crippen molar-refractivity contribution in [2.24, 2.45) is 5.92 Å². The Hall–Kier alpha value is -8.02. The number of aromatic nitrogens is 1. The lowest BCUT2D eigenvalue weighted by Crippen LogP contribution is -2.77. The van der Waals surface area contributed by atoms with Crippen LogP contribution in [0.3, 0.4) is 0 Å². The number of benzene rings is 8. The number of amides is 1. The van der Waals surface area contributed by atoms with Crippen molar-refractivity contribution in [3.05, 3.63) is 221 Å². The summed E-state index contributed by atoms with van der Waals surface area (Å²) in [5.41, 5.74) is 30.4. The standard InChI is InChI=1S/C80H85B3N2O2/c1-14-20-22-29-39-82-77-69(81(19-6)74-52(9)40-50(7)41-53(74)10)46-59(58-36-38-63-62-37-35-57(56-30-25-23-26-31-56)44-67(62)80(13,68(63)45-58)60(16-3)32-24-21-15-2)47-70(77)83(75-54(11)42-51(8)43-55(75)12)76-66-49-73-65(64-33-27-28-34-72(64)87-73)48-71(66)85(78(76)82)79(86)84-61(17-4)18-5/h14,17,20,22-23,25-28,30-31,33-38,40-49,60H,1,15-16,18-19,21,24,29,32,39H2,2-13H3,(H,84,86)/b22-20-,61-17+. The highest BCUT2D eigenvalue weighted by molar-refractivity contribution is 7.11. The van der Waals surface area contributed by atoms with E-state index in [1.54, 1.807) is 0 Å². The van der Waals surface area contributed by atoms with Gasteiger partial charge < -0.3 is 9.73 Å². The highest BCUT2D eigenvalue weighted by Crippen LogP contribution is 2.56. The average molecular weight is 1140 g/mol. The number of carbonyl (C=O) groups excluding carboxylic acids is 1. The molecule has 3 heterocycles. The molecule has 0 radical (unpaired) electrons. The second-order valence-electron chi connectivity index (χ2n) is 25.8. The van der Waals surface area contributed by atoms with E-state index in [4.69, 9.17) is 4.42 Å². The van der Waals surface area contributed by atoms with Crippen LogP contribution in [0.1, 0.15) is 131 Å². The number of carbonyl (C=O) groups is 1. The first-order valence-electron chi connectivity index (χ1n) is 32.6. The second kappa shape index (κ2) is 24.3. The van der Waals surface area contributed by atoms with Gasteiger partial charge in [0.05, 0.1) is 5.52 Å². The summed E-state index contributed by atoms with van der Waals surface area (Å²) in [6.07, 6.45) is 17.4. The molecule has 4 nitrogen and oxygen atoms in total. The summed E-state index contributed by atoms with van der Waals surface area (Å²) in [7, 11) is 0. The molecule has 2 aromatic heterocycles. The number of furan rings is 1. The van der Waals surface area contributed by atoms with Gasteiger partial charge in [0, 0.05) is 21.9 Å². The van der Waals surface area contributed by atoms with Crippen molar-refractivity contribution >= 4 is 97.4 Å². The molecule has 7 heteroatoms. The maximum atomic E-state index is 16.0. The van der Waals surface area contributed by atoms with E-state index in [0.717, 1.165) is 69.6 Å². The van der Waals surface area contributed by atoms with Crippen LogP contribution in [0, 0.1) is 47.5 Å². The Balaban J connectivity index is 1.21. The van der Waals surface area contributed by atoms with Crippen LogP contribution < -0.4 is 43.7 Å². The normalized spacial score (nSPS) is 14.9. The molecule has 2 unspecified atom stereocenters. The zero-order chi connectivity index (χ0) is 61.0. The van der Waals surface area contributed by atoms with E-state index in [9.17, 15) is 0 Å². The molecule has 1 amide bonds. The number of hydrogen-bond donors (Lipinski definition) is 1. The summed E-state index contributed by atoms with van der Waals surface area (Å²) in [5.74, 6) is 0.446. The van der Waals surface area contributed by atoms with E-state index in [1.165, 1.54) is 136 Å². The molecule has 12 rings (SSSR count). The number of aryl methyl sites for hydroxylation is 6. The molecule has 87 heavy (non-hydrogen) atoms. The van der Waals surface area contributed by atoms with Gasteiger partial charge in [0.25, 0.3) is 0 Å². The van der Waals surface area contributed by atoms with Crippen LogP contribution in [0.15, 0.2) is 181 Å². The summed E-state index contributed by atoms with van der Waals surface area (Å²) < 4.78 is 8.96. The van der Waals surface area contributed by atoms with Gasteiger partial charge >= 0.3 is 6.03 Å². The molecule has 2 aliphatic rings. The number of rotatable bonds is 18. The molecule has 436 valence electrons. The van der Waals surface area contributed by atoms with Crippen molar-refractivity contribution in [2.45, 2.75) is 146 Å². The Morgan fingerprint density at radius 3 is 1.97 bits per heavy atom. The average Bonchev–Trinajstić information content (AvgIpc) is 1.61.